The van der Waals surface area contributed by atoms with Crippen molar-refractivity contribution in [3.05, 3.63) is 18.2 Å². The Labute approximate surface area is 116 Å². The largest absolute Gasteiger partial charge is 0.335 e. The van der Waals surface area contributed by atoms with E-state index in [4.69, 9.17) is 0 Å². The fourth-order valence-corrected chi connectivity index (χ4v) is 3.84. The molecule has 0 saturated heterocycles. The van der Waals surface area contributed by atoms with E-state index in [0.717, 1.165) is 37.3 Å². The lowest BCUT2D eigenvalue weighted by atomic mass is 9.91. The van der Waals surface area contributed by atoms with E-state index in [1.807, 2.05) is 6.20 Å². The van der Waals surface area contributed by atoms with E-state index >= 15 is 0 Å². The molecule has 0 aromatic carbocycles. The molecule has 3 unspecified atom stereocenters. The molecule has 2 aliphatic rings. The first-order valence-electron chi connectivity index (χ1n) is 8.05. The number of imidazole rings is 1. The van der Waals surface area contributed by atoms with Crippen LogP contribution in [0.5, 0.6) is 0 Å². The Kier molecular flexibility index (Phi) is 3.92. The molecule has 1 aromatic heterocycles. The molecule has 3 nitrogen and oxygen atoms in total. The van der Waals surface area contributed by atoms with Crippen LogP contribution in [0.1, 0.15) is 45.4 Å². The predicted molar refractivity (Wildman–Crippen MR) is 78.0 cm³/mol. The van der Waals surface area contributed by atoms with Gasteiger partial charge in [-0.2, -0.15) is 0 Å². The zero-order valence-corrected chi connectivity index (χ0v) is 12.3. The summed E-state index contributed by atoms with van der Waals surface area (Å²) >= 11 is 0. The third-order valence-electron chi connectivity index (χ3n) is 5.05. The van der Waals surface area contributed by atoms with Gasteiger partial charge < -0.3 is 9.88 Å². The van der Waals surface area contributed by atoms with Crippen LogP contribution in [0.2, 0.25) is 0 Å². The van der Waals surface area contributed by atoms with Crippen LogP contribution in [0.15, 0.2) is 12.4 Å². The topological polar surface area (TPSA) is 29.9 Å². The van der Waals surface area contributed by atoms with Crippen LogP contribution in [0.25, 0.3) is 0 Å². The quantitative estimate of drug-likeness (QED) is 0.818. The maximum atomic E-state index is 4.56. The molecule has 19 heavy (non-hydrogen) atoms. The molecule has 1 aromatic rings. The van der Waals surface area contributed by atoms with Gasteiger partial charge in [0.15, 0.2) is 0 Å². The fourth-order valence-electron chi connectivity index (χ4n) is 3.84. The smallest absolute Gasteiger partial charge is 0.110 e. The van der Waals surface area contributed by atoms with E-state index in [9.17, 15) is 0 Å². The van der Waals surface area contributed by atoms with Crippen LogP contribution in [0.3, 0.4) is 0 Å². The van der Waals surface area contributed by atoms with Crippen molar-refractivity contribution in [2.75, 3.05) is 6.54 Å². The van der Waals surface area contributed by atoms with E-state index in [2.05, 4.69) is 34.9 Å². The standard InChI is InChI=1S/C16H27N3/c1-3-5-17-15(14-9-12-8-13(12)10-14)11-16-18-6-7-19(16)4-2/h6-7,12-15,17H,3-5,8-11H2,1-2H3. The number of hydrogen-bond donors (Lipinski definition) is 1. The minimum absolute atomic E-state index is 0.639. The third kappa shape index (κ3) is 2.86. The Morgan fingerprint density at radius 2 is 2.11 bits per heavy atom. The van der Waals surface area contributed by atoms with Crippen molar-refractivity contribution in [1.82, 2.24) is 14.9 Å². The summed E-state index contributed by atoms with van der Waals surface area (Å²) in [7, 11) is 0. The van der Waals surface area contributed by atoms with Gasteiger partial charge in [-0.15, -0.1) is 0 Å². The monoisotopic (exact) mass is 261 g/mol. The first-order chi connectivity index (χ1) is 9.31. The van der Waals surface area contributed by atoms with Gasteiger partial charge in [0, 0.05) is 31.4 Å². The van der Waals surface area contributed by atoms with Crippen molar-refractivity contribution in [3.8, 4) is 0 Å². The maximum absolute atomic E-state index is 4.56. The van der Waals surface area contributed by atoms with E-state index in [1.165, 1.54) is 31.5 Å². The molecule has 2 fully saturated rings. The number of rotatable bonds is 7. The van der Waals surface area contributed by atoms with Crippen molar-refractivity contribution in [1.29, 1.82) is 0 Å². The molecule has 0 amide bonds. The number of nitrogens with one attached hydrogen (secondary N) is 1. The first kappa shape index (κ1) is 13.2. The zero-order chi connectivity index (χ0) is 13.2. The lowest BCUT2D eigenvalue weighted by molar-refractivity contribution is 0.326. The van der Waals surface area contributed by atoms with Crippen LogP contribution in [-0.2, 0) is 13.0 Å². The number of nitrogens with zero attached hydrogens (tertiary/aromatic N) is 2. The van der Waals surface area contributed by atoms with Crippen LogP contribution < -0.4 is 5.32 Å². The highest BCUT2D eigenvalue weighted by atomic mass is 15.1. The third-order valence-corrected chi connectivity index (χ3v) is 5.05. The van der Waals surface area contributed by atoms with Crippen LogP contribution in [0.4, 0.5) is 0 Å². The second-order valence-corrected chi connectivity index (χ2v) is 6.38. The molecule has 2 saturated carbocycles. The van der Waals surface area contributed by atoms with Crippen molar-refractivity contribution in [2.45, 2.75) is 58.5 Å². The molecule has 0 bridgehead atoms. The molecule has 3 rings (SSSR count). The molecule has 0 aliphatic heterocycles. The second-order valence-electron chi connectivity index (χ2n) is 6.38. The molecule has 1 N–H and O–H groups in total. The minimum atomic E-state index is 0.639. The fraction of sp³-hybridized carbons (Fsp3) is 0.812. The summed E-state index contributed by atoms with van der Waals surface area (Å²) in [4.78, 5) is 4.56. The highest BCUT2D eigenvalue weighted by molar-refractivity contribution is 5.03. The summed E-state index contributed by atoms with van der Waals surface area (Å²) in [5, 5.41) is 3.79. The Balaban J connectivity index is 1.64. The lowest BCUT2D eigenvalue weighted by Crippen LogP contribution is -2.38. The first-order valence-corrected chi connectivity index (χ1v) is 8.05. The molecular formula is C16H27N3. The van der Waals surface area contributed by atoms with Gasteiger partial charge in [0.25, 0.3) is 0 Å². The SMILES string of the molecule is CCCNC(Cc1nccn1CC)C1CC2CC2C1. The van der Waals surface area contributed by atoms with Crippen LogP contribution >= 0.6 is 0 Å². The van der Waals surface area contributed by atoms with Gasteiger partial charge in [-0.05, 0) is 56.9 Å². The van der Waals surface area contributed by atoms with E-state index in [-0.39, 0.29) is 0 Å². The van der Waals surface area contributed by atoms with Gasteiger partial charge in [-0.1, -0.05) is 6.92 Å². The number of hydrogen-bond acceptors (Lipinski definition) is 2. The number of aromatic nitrogens is 2. The lowest BCUT2D eigenvalue weighted by Gasteiger charge is -2.26. The minimum Gasteiger partial charge on any atom is -0.335 e. The van der Waals surface area contributed by atoms with Crippen molar-refractivity contribution in [3.63, 3.8) is 0 Å². The van der Waals surface area contributed by atoms with Crippen LogP contribution in [-0.4, -0.2) is 22.1 Å². The molecule has 0 spiro atoms. The molecule has 1 heterocycles. The summed E-state index contributed by atoms with van der Waals surface area (Å²) in [5.74, 6) is 4.29. The van der Waals surface area contributed by atoms with E-state index in [0.29, 0.717) is 6.04 Å². The zero-order valence-electron chi connectivity index (χ0n) is 12.3. The summed E-state index contributed by atoms with van der Waals surface area (Å²) in [6.07, 6.45) is 10.8. The summed E-state index contributed by atoms with van der Waals surface area (Å²) in [5.41, 5.74) is 0. The molecule has 2 aliphatic carbocycles. The summed E-state index contributed by atoms with van der Waals surface area (Å²) in [6, 6.07) is 0.639. The Hall–Kier alpha value is -0.830. The van der Waals surface area contributed by atoms with Gasteiger partial charge in [-0.25, -0.2) is 4.98 Å². The van der Waals surface area contributed by atoms with Crippen molar-refractivity contribution in [2.24, 2.45) is 17.8 Å². The van der Waals surface area contributed by atoms with Gasteiger partial charge in [-0.3, -0.25) is 0 Å². The highest BCUT2D eigenvalue weighted by Gasteiger charge is 2.47. The van der Waals surface area contributed by atoms with Gasteiger partial charge in [0.2, 0.25) is 0 Å². The second kappa shape index (κ2) is 5.66. The predicted octanol–water partition coefficient (Wildman–Crippen LogP) is 2.86. The van der Waals surface area contributed by atoms with E-state index < -0.39 is 0 Å². The normalized spacial score (nSPS) is 30.3. The Bertz CT molecular complexity index is 402. The molecule has 3 atom stereocenters. The molecule has 3 heteroatoms. The van der Waals surface area contributed by atoms with Crippen molar-refractivity contribution < 1.29 is 0 Å². The van der Waals surface area contributed by atoms with Gasteiger partial charge in [0.05, 0.1) is 0 Å². The molecular weight excluding hydrogens is 234 g/mol. The summed E-state index contributed by atoms with van der Waals surface area (Å²) < 4.78 is 2.29. The van der Waals surface area contributed by atoms with Gasteiger partial charge in [0.1, 0.15) is 5.82 Å². The number of fused-ring (bicyclic) bond motifs is 1. The average Bonchev–Trinajstić information content (AvgIpc) is 2.87. The van der Waals surface area contributed by atoms with Crippen molar-refractivity contribution >= 4 is 0 Å². The van der Waals surface area contributed by atoms with E-state index in [1.54, 1.807) is 0 Å². The Morgan fingerprint density at radius 1 is 1.32 bits per heavy atom. The summed E-state index contributed by atoms with van der Waals surface area (Å²) in [6.45, 7) is 6.63. The van der Waals surface area contributed by atoms with Crippen LogP contribution in [0, 0.1) is 17.8 Å². The molecule has 106 valence electrons. The number of aryl methyl sites for hydroxylation is 1. The Morgan fingerprint density at radius 3 is 2.79 bits per heavy atom. The maximum Gasteiger partial charge on any atom is 0.110 e. The average molecular weight is 261 g/mol. The highest BCUT2D eigenvalue weighted by Crippen LogP contribution is 2.55. The molecule has 0 radical (unpaired) electrons. The van der Waals surface area contributed by atoms with Gasteiger partial charge >= 0.3 is 0 Å².